The lowest BCUT2D eigenvalue weighted by Crippen LogP contribution is -2.39. The number of benzene rings is 1. The molecule has 1 rings (SSSR count). The minimum Gasteiger partial charge on any atom is -0.396 e. The SMILES string of the molecule is CC(CO)CNC(=O)CNC(=O)c1ccc(Cl)c(Cl)c1. The van der Waals surface area contributed by atoms with Gasteiger partial charge in [0.1, 0.15) is 0 Å². The first-order valence-electron chi connectivity index (χ1n) is 6.04. The Kier molecular flexibility index (Phi) is 6.78. The number of amides is 2. The van der Waals surface area contributed by atoms with Crippen molar-refractivity contribution in [2.75, 3.05) is 19.7 Å². The van der Waals surface area contributed by atoms with Crippen molar-refractivity contribution in [2.45, 2.75) is 6.92 Å². The lowest BCUT2D eigenvalue weighted by atomic mass is 10.2. The quantitative estimate of drug-likeness (QED) is 0.743. The molecule has 1 aromatic rings. The zero-order valence-corrected chi connectivity index (χ0v) is 12.5. The number of carbonyl (C=O) groups is 2. The van der Waals surface area contributed by atoms with E-state index in [1.165, 1.54) is 18.2 Å². The second kappa shape index (κ2) is 8.09. The van der Waals surface area contributed by atoms with Crippen molar-refractivity contribution in [1.82, 2.24) is 10.6 Å². The molecule has 0 saturated heterocycles. The maximum Gasteiger partial charge on any atom is 0.251 e. The third-order valence-electron chi connectivity index (χ3n) is 2.55. The van der Waals surface area contributed by atoms with Gasteiger partial charge in [0.05, 0.1) is 16.6 Å². The van der Waals surface area contributed by atoms with Crippen molar-refractivity contribution in [3.8, 4) is 0 Å². The first-order valence-corrected chi connectivity index (χ1v) is 6.80. The van der Waals surface area contributed by atoms with E-state index < -0.39 is 5.91 Å². The van der Waals surface area contributed by atoms with Crippen LogP contribution in [0, 0.1) is 5.92 Å². The Balaban J connectivity index is 2.43. The molecule has 2 amide bonds. The molecule has 3 N–H and O–H groups in total. The van der Waals surface area contributed by atoms with Crippen molar-refractivity contribution in [3.05, 3.63) is 33.8 Å². The maximum atomic E-state index is 11.8. The van der Waals surface area contributed by atoms with E-state index in [1.807, 2.05) is 0 Å². The smallest absolute Gasteiger partial charge is 0.251 e. The highest BCUT2D eigenvalue weighted by atomic mass is 35.5. The van der Waals surface area contributed by atoms with Crippen molar-refractivity contribution < 1.29 is 14.7 Å². The van der Waals surface area contributed by atoms with E-state index in [1.54, 1.807) is 6.92 Å². The van der Waals surface area contributed by atoms with Gasteiger partial charge in [-0.25, -0.2) is 0 Å². The van der Waals surface area contributed by atoms with E-state index in [0.29, 0.717) is 17.1 Å². The lowest BCUT2D eigenvalue weighted by molar-refractivity contribution is -0.120. The highest BCUT2D eigenvalue weighted by Gasteiger charge is 2.10. The summed E-state index contributed by atoms with van der Waals surface area (Å²) in [6.45, 7) is 2.01. The number of aliphatic hydroxyl groups is 1. The van der Waals surface area contributed by atoms with Gasteiger partial charge in [-0.15, -0.1) is 0 Å². The van der Waals surface area contributed by atoms with Crippen LogP contribution < -0.4 is 10.6 Å². The lowest BCUT2D eigenvalue weighted by Gasteiger charge is -2.10. The summed E-state index contributed by atoms with van der Waals surface area (Å²) in [5.74, 6) is -0.752. The molecule has 20 heavy (non-hydrogen) atoms. The fourth-order valence-corrected chi connectivity index (χ4v) is 1.61. The molecule has 1 unspecified atom stereocenters. The average molecular weight is 319 g/mol. The van der Waals surface area contributed by atoms with Crippen molar-refractivity contribution in [2.24, 2.45) is 5.92 Å². The molecule has 0 radical (unpaired) electrons. The van der Waals surface area contributed by atoms with E-state index >= 15 is 0 Å². The molecule has 0 aromatic heterocycles. The first kappa shape index (κ1) is 16.8. The Hall–Kier alpha value is -1.30. The summed E-state index contributed by atoms with van der Waals surface area (Å²) in [6.07, 6.45) is 0. The maximum absolute atomic E-state index is 11.8. The van der Waals surface area contributed by atoms with Crippen LogP contribution in [0.1, 0.15) is 17.3 Å². The molecule has 0 aliphatic heterocycles. The standard InChI is InChI=1S/C13H16Cl2N2O3/c1-8(7-18)5-16-12(19)6-17-13(20)9-2-3-10(14)11(15)4-9/h2-4,8,18H,5-7H2,1H3,(H,16,19)(H,17,20). The summed E-state index contributed by atoms with van der Waals surface area (Å²) >= 11 is 11.6. The van der Waals surface area contributed by atoms with Crippen LogP contribution in [0.5, 0.6) is 0 Å². The summed E-state index contributed by atoms with van der Waals surface area (Å²) in [5, 5.41) is 14.5. The molecule has 0 fully saturated rings. The molecule has 110 valence electrons. The minimum atomic E-state index is -0.408. The molecule has 7 heteroatoms. The summed E-state index contributed by atoms with van der Waals surface area (Å²) in [4.78, 5) is 23.2. The third-order valence-corrected chi connectivity index (χ3v) is 3.29. The Labute approximate surface area is 127 Å². The Morgan fingerprint density at radius 1 is 1.25 bits per heavy atom. The van der Waals surface area contributed by atoms with Gasteiger partial charge in [-0.2, -0.15) is 0 Å². The van der Waals surface area contributed by atoms with E-state index in [4.69, 9.17) is 28.3 Å². The number of hydrogen-bond donors (Lipinski definition) is 3. The van der Waals surface area contributed by atoms with Gasteiger partial charge in [0, 0.05) is 18.7 Å². The highest BCUT2D eigenvalue weighted by Crippen LogP contribution is 2.22. The van der Waals surface area contributed by atoms with Gasteiger partial charge in [-0.05, 0) is 24.1 Å². The number of halogens is 2. The van der Waals surface area contributed by atoms with Crippen molar-refractivity contribution in [3.63, 3.8) is 0 Å². The van der Waals surface area contributed by atoms with Crippen LogP contribution in [0.4, 0.5) is 0 Å². The van der Waals surface area contributed by atoms with Gasteiger partial charge in [0.15, 0.2) is 0 Å². The van der Waals surface area contributed by atoms with E-state index in [9.17, 15) is 9.59 Å². The third kappa shape index (κ3) is 5.36. The molecule has 5 nitrogen and oxygen atoms in total. The Morgan fingerprint density at radius 2 is 1.95 bits per heavy atom. The molecule has 0 bridgehead atoms. The molecule has 1 aromatic carbocycles. The normalized spacial score (nSPS) is 11.8. The Bertz CT molecular complexity index is 495. The van der Waals surface area contributed by atoms with Crippen LogP contribution in [0.25, 0.3) is 0 Å². The fraction of sp³-hybridized carbons (Fsp3) is 0.385. The van der Waals surface area contributed by atoms with Crippen molar-refractivity contribution >= 4 is 35.0 Å². The number of rotatable bonds is 6. The molecular formula is C13H16Cl2N2O3. The molecule has 0 aliphatic rings. The van der Waals surface area contributed by atoms with Gasteiger partial charge >= 0.3 is 0 Å². The van der Waals surface area contributed by atoms with Crippen LogP contribution >= 0.6 is 23.2 Å². The van der Waals surface area contributed by atoms with E-state index in [-0.39, 0.29) is 30.0 Å². The van der Waals surface area contributed by atoms with Crippen LogP contribution in [-0.4, -0.2) is 36.6 Å². The number of aliphatic hydroxyl groups excluding tert-OH is 1. The van der Waals surface area contributed by atoms with Gasteiger partial charge in [0.25, 0.3) is 5.91 Å². The van der Waals surface area contributed by atoms with Crippen molar-refractivity contribution in [1.29, 1.82) is 0 Å². The molecular weight excluding hydrogens is 303 g/mol. The van der Waals surface area contributed by atoms with Crippen LogP contribution in [-0.2, 0) is 4.79 Å². The van der Waals surface area contributed by atoms with E-state index in [2.05, 4.69) is 10.6 Å². The number of nitrogens with one attached hydrogen (secondary N) is 2. The molecule has 1 atom stereocenters. The highest BCUT2D eigenvalue weighted by molar-refractivity contribution is 6.42. The minimum absolute atomic E-state index is 0.00405. The molecule has 0 spiro atoms. The zero-order chi connectivity index (χ0) is 15.1. The summed E-state index contributed by atoms with van der Waals surface area (Å²) < 4.78 is 0. The largest absolute Gasteiger partial charge is 0.396 e. The second-order valence-corrected chi connectivity index (χ2v) is 5.22. The molecule has 0 heterocycles. The fourth-order valence-electron chi connectivity index (χ4n) is 1.32. The predicted molar refractivity (Wildman–Crippen MR) is 78.1 cm³/mol. The summed E-state index contributed by atoms with van der Waals surface area (Å²) in [7, 11) is 0. The van der Waals surface area contributed by atoms with Gasteiger partial charge < -0.3 is 15.7 Å². The first-order chi connectivity index (χ1) is 9.43. The second-order valence-electron chi connectivity index (χ2n) is 4.40. The Morgan fingerprint density at radius 3 is 2.55 bits per heavy atom. The number of hydrogen-bond acceptors (Lipinski definition) is 3. The summed E-state index contributed by atoms with van der Waals surface area (Å²) in [5.41, 5.74) is 0.330. The van der Waals surface area contributed by atoms with Gasteiger partial charge in [-0.3, -0.25) is 9.59 Å². The molecule has 0 aliphatic carbocycles. The topological polar surface area (TPSA) is 78.4 Å². The number of carbonyl (C=O) groups excluding carboxylic acids is 2. The molecule has 0 saturated carbocycles. The van der Waals surface area contributed by atoms with Crippen LogP contribution in [0.3, 0.4) is 0 Å². The summed E-state index contributed by atoms with van der Waals surface area (Å²) in [6, 6.07) is 4.47. The predicted octanol–water partition coefficient (Wildman–Crippen LogP) is 1.47. The zero-order valence-electron chi connectivity index (χ0n) is 11.0. The van der Waals surface area contributed by atoms with Gasteiger partial charge in [-0.1, -0.05) is 30.1 Å². The van der Waals surface area contributed by atoms with Crippen LogP contribution in [0.15, 0.2) is 18.2 Å². The van der Waals surface area contributed by atoms with Crippen LogP contribution in [0.2, 0.25) is 10.0 Å². The van der Waals surface area contributed by atoms with E-state index in [0.717, 1.165) is 0 Å². The average Bonchev–Trinajstić information content (AvgIpc) is 2.44. The van der Waals surface area contributed by atoms with Gasteiger partial charge in [0.2, 0.25) is 5.91 Å². The monoisotopic (exact) mass is 318 g/mol.